The van der Waals surface area contributed by atoms with Gasteiger partial charge in [-0.15, -0.1) is 0 Å². The van der Waals surface area contributed by atoms with E-state index in [0.29, 0.717) is 11.3 Å². The maximum Gasteiger partial charge on any atom is 0.265 e. The molecule has 0 radical (unpaired) electrons. The fraction of sp³-hybridized carbons (Fsp3) is 0.188. The molecule has 0 aliphatic rings. The number of carbonyl (C=O) groups excluding carboxylic acids is 1. The van der Waals surface area contributed by atoms with Crippen LogP contribution in [0.5, 0.6) is 0 Å². The van der Waals surface area contributed by atoms with E-state index in [4.69, 9.17) is 4.42 Å². The first kappa shape index (κ1) is 15.0. The number of aryl methyl sites for hydroxylation is 3. The van der Waals surface area contributed by atoms with Gasteiger partial charge >= 0.3 is 0 Å². The second-order valence-electron chi connectivity index (χ2n) is 5.29. The number of aromatic nitrogens is 2. The minimum Gasteiger partial charge on any atom is -0.442 e. The molecule has 1 amide bonds. The number of amides is 1. The van der Waals surface area contributed by atoms with E-state index in [-0.39, 0.29) is 28.0 Å². The van der Waals surface area contributed by atoms with Gasteiger partial charge in [-0.2, -0.15) is 0 Å². The van der Waals surface area contributed by atoms with Crippen LogP contribution in [0.25, 0.3) is 11.1 Å². The topological polar surface area (TPSA) is 77.1 Å². The summed E-state index contributed by atoms with van der Waals surface area (Å²) in [6.07, 6.45) is 1.32. The first-order valence-electron chi connectivity index (χ1n) is 6.90. The molecule has 0 fully saturated rings. The zero-order valence-electron chi connectivity index (χ0n) is 12.8. The van der Waals surface area contributed by atoms with Gasteiger partial charge in [0.2, 0.25) is 5.71 Å². The van der Waals surface area contributed by atoms with Crippen LogP contribution < -0.4 is 10.9 Å². The Morgan fingerprint density at radius 2 is 2.09 bits per heavy atom. The van der Waals surface area contributed by atoms with Crippen molar-refractivity contribution in [2.45, 2.75) is 13.8 Å². The van der Waals surface area contributed by atoms with Crippen molar-refractivity contribution in [1.29, 1.82) is 0 Å². The van der Waals surface area contributed by atoms with Gasteiger partial charge < -0.3 is 14.3 Å². The highest BCUT2D eigenvalue weighted by atomic mass is 19.1. The van der Waals surface area contributed by atoms with Crippen molar-refractivity contribution in [3.8, 4) is 0 Å². The lowest BCUT2D eigenvalue weighted by Gasteiger charge is -2.06. The van der Waals surface area contributed by atoms with Crippen molar-refractivity contribution < 1.29 is 13.6 Å². The Hall–Kier alpha value is -2.96. The molecular formula is C16H14FN3O3. The fourth-order valence-electron chi connectivity index (χ4n) is 2.32. The Bertz CT molecular complexity index is 988. The SMILES string of the molecule is Cc1ccc(NC(=O)c2c(C)oc3ncn(C)c(=O)c23)cc1F. The smallest absolute Gasteiger partial charge is 0.265 e. The molecule has 6 nitrogen and oxygen atoms in total. The molecule has 118 valence electrons. The van der Waals surface area contributed by atoms with Crippen molar-refractivity contribution in [3.63, 3.8) is 0 Å². The number of carbonyl (C=O) groups is 1. The number of nitrogens with zero attached hydrogens (tertiary/aromatic N) is 2. The third-order valence-electron chi connectivity index (χ3n) is 3.60. The Kier molecular flexibility index (Phi) is 3.48. The number of furan rings is 1. The Labute approximate surface area is 130 Å². The molecule has 1 N–H and O–H groups in total. The summed E-state index contributed by atoms with van der Waals surface area (Å²) < 4.78 is 20.2. The van der Waals surface area contributed by atoms with E-state index >= 15 is 0 Å². The molecule has 0 spiro atoms. The van der Waals surface area contributed by atoms with Gasteiger partial charge in [-0.25, -0.2) is 9.37 Å². The van der Waals surface area contributed by atoms with Crippen LogP contribution in [0.15, 0.2) is 33.7 Å². The predicted molar refractivity (Wildman–Crippen MR) is 83.1 cm³/mol. The molecule has 1 aromatic carbocycles. The lowest BCUT2D eigenvalue weighted by Crippen LogP contribution is -2.20. The quantitative estimate of drug-likeness (QED) is 0.788. The number of rotatable bonds is 2. The summed E-state index contributed by atoms with van der Waals surface area (Å²) >= 11 is 0. The molecular weight excluding hydrogens is 301 g/mol. The minimum absolute atomic E-state index is 0.103. The van der Waals surface area contributed by atoms with E-state index in [9.17, 15) is 14.0 Å². The molecule has 7 heteroatoms. The predicted octanol–water partition coefficient (Wildman–Crippen LogP) is 2.53. The zero-order valence-corrected chi connectivity index (χ0v) is 12.8. The van der Waals surface area contributed by atoms with Gasteiger partial charge in [0.1, 0.15) is 23.3 Å². The molecule has 2 aromatic heterocycles. The van der Waals surface area contributed by atoms with Gasteiger partial charge in [0.15, 0.2) is 0 Å². The molecule has 0 aliphatic heterocycles. The Morgan fingerprint density at radius 1 is 1.35 bits per heavy atom. The van der Waals surface area contributed by atoms with Crippen molar-refractivity contribution in [3.05, 3.63) is 57.6 Å². The summed E-state index contributed by atoms with van der Waals surface area (Å²) in [4.78, 5) is 28.7. The van der Waals surface area contributed by atoms with Gasteiger partial charge in [0.25, 0.3) is 11.5 Å². The molecule has 0 saturated heterocycles. The number of benzene rings is 1. The van der Waals surface area contributed by atoms with Gasteiger partial charge in [0.05, 0.1) is 5.56 Å². The fourth-order valence-corrected chi connectivity index (χ4v) is 2.32. The Morgan fingerprint density at radius 3 is 2.78 bits per heavy atom. The monoisotopic (exact) mass is 315 g/mol. The van der Waals surface area contributed by atoms with Gasteiger partial charge in [-0.05, 0) is 31.5 Å². The number of nitrogens with one attached hydrogen (secondary N) is 1. The van der Waals surface area contributed by atoms with E-state index in [1.54, 1.807) is 26.0 Å². The summed E-state index contributed by atoms with van der Waals surface area (Å²) in [6, 6.07) is 4.37. The van der Waals surface area contributed by atoms with Crippen molar-refractivity contribution >= 4 is 22.7 Å². The van der Waals surface area contributed by atoms with Crippen LogP contribution in [0.4, 0.5) is 10.1 Å². The summed E-state index contributed by atoms with van der Waals surface area (Å²) in [6.45, 7) is 3.20. The van der Waals surface area contributed by atoms with E-state index < -0.39 is 11.7 Å². The van der Waals surface area contributed by atoms with Crippen molar-refractivity contribution in [1.82, 2.24) is 9.55 Å². The molecule has 3 aromatic rings. The highest BCUT2D eigenvalue weighted by molar-refractivity contribution is 6.12. The van der Waals surface area contributed by atoms with Crippen LogP contribution in [-0.2, 0) is 7.05 Å². The highest BCUT2D eigenvalue weighted by Gasteiger charge is 2.22. The molecule has 2 heterocycles. The van der Waals surface area contributed by atoms with Crippen LogP contribution in [0.2, 0.25) is 0 Å². The van der Waals surface area contributed by atoms with Crippen LogP contribution in [0, 0.1) is 19.7 Å². The minimum atomic E-state index is -0.547. The third kappa shape index (κ3) is 2.50. The van der Waals surface area contributed by atoms with Crippen molar-refractivity contribution in [2.75, 3.05) is 5.32 Å². The van der Waals surface area contributed by atoms with E-state index in [1.807, 2.05) is 0 Å². The molecule has 3 rings (SSSR count). The number of halogens is 1. The van der Waals surface area contributed by atoms with Crippen LogP contribution in [0.1, 0.15) is 21.7 Å². The van der Waals surface area contributed by atoms with Crippen LogP contribution in [-0.4, -0.2) is 15.5 Å². The standard InChI is InChI=1S/C16H14FN3O3/c1-8-4-5-10(6-11(8)17)19-14(21)12-9(2)23-15-13(12)16(22)20(3)7-18-15/h4-7H,1-3H3,(H,19,21). The van der Waals surface area contributed by atoms with Crippen molar-refractivity contribution in [2.24, 2.45) is 7.05 Å². The maximum atomic E-state index is 13.6. The van der Waals surface area contributed by atoms with Crippen LogP contribution >= 0.6 is 0 Å². The number of anilines is 1. The third-order valence-corrected chi connectivity index (χ3v) is 3.60. The highest BCUT2D eigenvalue weighted by Crippen LogP contribution is 2.22. The maximum absolute atomic E-state index is 13.6. The summed E-state index contributed by atoms with van der Waals surface area (Å²) in [5, 5.41) is 2.69. The molecule has 0 aliphatic carbocycles. The lowest BCUT2D eigenvalue weighted by molar-refractivity contribution is 0.102. The van der Waals surface area contributed by atoms with Crippen LogP contribution in [0.3, 0.4) is 0 Å². The summed E-state index contributed by atoms with van der Waals surface area (Å²) in [7, 11) is 1.54. The average Bonchev–Trinajstić information content (AvgIpc) is 2.84. The van der Waals surface area contributed by atoms with Gasteiger partial charge in [-0.1, -0.05) is 6.07 Å². The summed E-state index contributed by atoms with van der Waals surface area (Å²) in [5.41, 5.74) is 0.603. The second-order valence-corrected chi connectivity index (χ2v) is 5.29. The molecule has 0 saturated carbocycles. The normalized spacial score (nSPS) is 11.0. The first-order valence-corrected chi connectivity index (χ1v) is 6.90. The molecule has 0 atom stereocenters. The summed E-state index contributed by atoms with van der Waals surface area (Å²) in [5.74, 6) is -0.690. The molecule has 23 heavy (non-hydrogen) atoms. The lowest BCUT2D eigenvalue weighted by atomic mass is 10.1. The number of fused-ring (bicyclic) bond motifs is 1. The zero-order chi connectivity index (χ0) is 16.7. The van der Waals surface area contributed by atoms with Gasteiger partial charge in [0, 0.05) is 12.7 Å². The molecule has 0 bridgehead atoms. The molecule has 0 unspecified atom stereocenters. The number of hydrogen-bond donors (Lipinski definition) is 1. The Balaban J connectivity index is 2.07. The average molecular weight is 315 g/mol. The van der Waals surface area contributed by atoms with Gasteiger partial charge in [-0.3, -0.25) is 9.59 Å². The van der Waals surface area contributed by atoms with E-state index in [0.717, 1.165) is 0 Å². The second kappa shape index (κ2) is 5.35. The first-order chi connectivity index (χ1) is 10.9. The van der Waals surface area contributed by atoms with E-state index in [1.165, 1.54) is 24.0 Å². The number of hydrogen-bond acceptors (Lipinski definition) is 4. The van der Waals surface area contributed by atoms with E-state index in [2.05, 4.69) is 10.3 Å². The largest absolute Gasteiger partial charge is 0.442 e.